The molecule has 0 spiro atoms. The molecule has 5 nitrogen and oxygen atoms in total. The molecule has 0 saturated carbocycles. The van der Waals surface area contributed by atoms with Crippen LogP contribution in [-0.2, 0) is 21.1 Å². The van der Waals surface area contributed by atoms with Gasteiger partial charge in [0.25, 0.3) is 0 Å². The van der Waals surface area contributed by atoms with E-state index in [0.29, 0.717) is 6.42 Å². The molecule has 6 heteroatoms. The lowest BCUT2D eigenvalue weighted by molar-refractivity contribution is -0.140. The normalized spacial score (nSPS) is 19.2. The zero-order valence-electron chi connectivity index (χ0n) is 11.5. The second-order valence-electron chi connectivity index (χ2n) is 5.37. The van der Waals surface area contributed by atoms with Crippen molar-refractivity contribution in [3.05, 3.63) is 29.3 Å². The number of sulfone groups is 1. The van der Waals surface area contributed by atoms with Crippen LogP contribution in [0.4, 0.5) is 0 Å². The first-order valence-corrected chi connectivity index (χ1v) is 8.28. The molecule has 2 unspecified atom stereocenters. The van der Waals surface area contributed by atoms with Crippen molar-refractivity contribution in [1.82, 2.24) is 0 Å². The van der Waals surface area contributed by atoms with Crippen LogP contribution in [0.15, 0.2) is 18.2 Å². The zero-order chi connectivity index (χ0) is 14.9. The first-order valence-electron chi connectivity index (χ1n) is 6.46. The van der Waals surface area contributed by atoms with E-state index in [1.54, 1.807) is 0 Å². The molecule has 1 aromatic rings. The third-order valence-electron chi connectivity index (χ3n) is 3.32. The number of carbonyl (C=O) groups is 1. The van der Waals surface area contributed by atoms with Crippen LogP contribution in [0.2, 0.25) is 0 Å². The summed E-state index contributed by atoms with van der Waals surface area (Å²) in [5.74, 6) is -1.76. The van der Waals surface area contributed by atoms with E-state index in [1.807, 2.05) is 25.1 Å². The van der Waals surface area contributed by atoms with Crippen molar-refractivity contribution < 1.29 is 23.1 Å². The van der Waals surface area contributed by atoms with Gasteiger partial charge in [-0.1, -0.05) is 24.6 Å². The third kappa shape index (κ3) is 3.50. The van der Waals surface area contributed by atoms with Crippen molar-refractivity contribution in [2.45, 2.75) is 26.4 Å². The number of hydrogen-bond acceptors (Lipinski definition) is 4. The van der Waals surface area contributed by atoms with Gasteiger partial charge in [0.1, 0.15) is 11.9 Å². The molecule has 20 heavy (non-hydrogen) atoms. The summed E-state index contributed by atoms with van der Waals surface area (Å²) < 4.78 is 29.6. The van der Waals surface area contributed by atoms with Gasteiger partial charge >= 0.3 is 5.97 Å². The monoisotopic (exact) mass is 298 g/mol. The molecule has 0 aromatic heterocycles. The summed E-state index contributed by atoms with van der Waals surface area (Å²) in [6.45, 7) is 3.37. The minimum Gasteiger partial charge on any atom is -0.489 e. The number of fused-ring (bicyclic) bond motifs is 1. The summed E-state index contributed by atoms with van der Waals surface area (Å²) in [5.41, 5.74) is 2.12. The molecule has 0 radical (unpaired) electrons. The first kappa shape index (κ1) is 14.8. The van der Waals surface area contributed by atoms with Crippen molar-refractivity contribution in [3.63, 3.8) is 0 Å². The average molecular weight is 298 g/mol. The van der Waals surface area contributed by atoms with Crippen molar-refractivity contribution in [2.24, 2.45) is 5.92 Å². The van der Waals surface area contributed by atoms with Gasteiger partial charge in [-0.2, -0.15) is 0 Å². The molecular weight excluding hydrogens is 280 g/mol. The van der Waals surface area contributed by atoms with Gasteiger partial charge in [-0.3, -0.25) is 4.79 Å². The molecule has 0 fully saturated rings. The van der Waals surface area contributed by atoms with E-state index in [9.17, 15) is 13.2 Å². The predicted molar refractivity (Wildman–Crippen MR) is 74.8 cm³/mol. The number of ether oxygens (including phenoxy) is 1. The van der Waals surface area contributed by atoms with Gasteiger partial charge in [-0.25, -0.2) is 8.42 Å². The van der Waals surface area contributed by atoms with Crippen molar-refractivity contribution in [2.75, 3.05) is 11.5 Å². The Hall–Kier alpha value is -1.56. The van der Waals surface area contributed by atoms with Gasteiger partial charge in [-0.15, -0.1) is 0 Å². The van der Waals surface area contributed by atoms with Crippen LogP contribution in [-0.4, -0.2) is 37.1 Å². The number of carboxylic acids is 1. The van der Waals surface area contributed by atoms with Crippen molar-refractivity contribution >= 4 is 15.8 Å². The van der Waals surface area contributed by atoms with Gasteiger partial charge in [0.15, 0.2) is 9.84 Å². The smallest absolute Gasteiger partial charge is 0.307 e. The average Bonchev–Trinajstić information content (AvgIpc) is 2.68. The molecule has 0 bridgehead atoms. The highest BCUT2D eigenvalue weighted by atomic mass is 32.2. The maximum absolute atomic E-state index is 12.0. The highest BCUT2D eigenvalue weighted by Crippen LogP contribution is 2.30. The SMILES string of the molecule is Cc1ccc2c(c1)CC(CS(=O)(=O)CC(C)C(=O)O)O2. The van der Waals surface area contributed by atoms with Gasteiger partial charge in [0, 0.05) is 6.42 Å². The molecule has 1 heterocycles. The van der Waals surface area contributed by atoms with Gasteiger partial charge in [0.05, 0.1) is 17.4 Å². The molecule has 1 aliphatic heterocycles. The lowest BCUT2D eigenvalue weighted by Crippen LogP contribution is -2.30. The van der Waals surface area contributed by atoms with E-state index < -0.39 is 27.8 Å². The molecule has 0 aliphatic carbocycles. The molecule has 2 rings (SSSR count). The molecule has 0 saturated heterocycles. The molecule has 2 atom stereocenters. The van der Waals surface area contributed by atoms with Crippen LogP contribution >= 0.6 is 0 Å². The minimum absolute atomic E-state index is 0.141. The summed E-state index contributed by atoms with van der Waals surface area (Å²) >= 11 is 0. The van der Waals surface area contributed by atoms with E-state index in [1.165, 1.54) is 6.92 Å². The van der Waals surface area contributed by atoms with Crippen LogP contribution in [0.25, 0.3) is 0 Å². The Bertz CT molecular complexity index is 620. The van der Waals surface area contributed by atoms with Gasteiger partial charge in [-0.05, 0) is 18.6 Å². The van der Waals surface area contributed by atoms with E-state index >= 15 is 0 Å². The van der Waals surface area contributed by atoms with Crippen LogP contribution in [0.3, 0.4) is 0 Å². The van der Waals surface area contributed by atoms with E-state index in [-0.39, 0.29) is 11.5 Å². The lowest BCUT2D eigenvalue weighted by atomic mass is 10.1. The fourth-order valence-corrected chi connectivity index (χ4v) is 4.14. The van der Waals surface area contributed by atoms with E-state index in [4.69, 9.17) is 9.84 Å². The third-order valence-corrected chi connectivity index (χ3v) is 5.21. The Kier molecular flexibility index (Phi) is 4.04. The summed E-state index contributed by atoms with van der Waals surface area (Å²) in [4.78, 5) is 10.7. The summed E-state index contributed by atoms with van der Waals surface area (Å²) in [6.07, 6.45) is 0.135. The highest BCUT2D eigenvalue weighted by molar-refractivity contribution is 7.91. The minimum atomic E-state index is -3.44. The van der Waals surface area contributed by atoms with Crippen molar-refractivity contribution in [3.8, 4) is 5.75 Å². The number of benzene rings is 1. The molecule has 110 valence electrons. The second kappa shape index (κ2) is 5.44. The van der Waals surface area contributed by atoms with E-state index in [2.05, 4.69) is 0 Å². The summed E-state index contributed by atoms with van der Waals surface area (Å²) in [6, 6.07) is 5.75. The van der Waals surface area contributed by atoms with E-state index in [0.717, 1.165) is 16.9 Å². The van der Waals surface area contributed by atoms with Gasteiger partial charge < -0.3 is 9.84 Å². The Labute approximate surface area is 118 Å². The molecule has 1 aromatic carbocycles. The second-order valence-corrected chi connectivity index (χ2v) is 7.53. The molecule has 1 N–H and O–H groups in total. The topological polar surface area (TPSA) is 80.7 Å². The number of aryl methyl sites for hydroxylation is 1. The maximum atomic E-state index is 12.0. The fraction of sp³-hybridized carbons (Fsp3) is 0.500. The Morgan fingerprint density at radius 3 is 2.85 bits per heavy atom. The standard InChI is InChI=1S/C14H18O5S/c1-9-3-4-13-11(5-9)6-12(19-13)8-20(17,18)7-10(2)14(15)16/h3-5,10,12H,6-8H2,1-2H3,(H,15,16). The quantitative estimate of drug-likeness (QED) is 0.889. The van der Waals surface area contributed by atoms with Crippen LogP contribution in [0, 0.1) is 12.8 Å². The maximum Gasteiger partial charge on any atom is 0.307 e. The summed E-state index contributed by atoms with van der Waals surface area (Å²) in [7, 11) is -3.44. The number of hydrogen-bond donors (Lipinski definition) is 1. The number of rotatable bonds is 5. The molecule has 1 aliphatic rings. The van der Waals surface area contributed by atoms with Crippen LogP contribution < -0.4 is 4.74 Å². The summed E-state index contributed by atoms with van der Waals surface area (Å²) in [5, 5.41) is 8.78. The van der Waals surface area contributed by atoms with Crippen LogP contribution in [0.1, 0.15) is 18.1 Å². The zero-order valence-corrected chi connectivity index (χ0v) is 12.3. The fourth-order valence-electron chi connectivity index (χ4n) is 2.35. The Morgan fingerprint density at radius 1 is 1.50 bits per heavy atom. The molecule has 0 amide bonds. The lowest BCUT2D eigenvalue weighted by Gasteiger charge is -2.12. The number of carboxylic acid groups (broad SMARTS) is 1. The van der Waals surface area contributed by atoms with Crippen LogP contribution in [0.5, 0.6) is 5.75 Å². The number of aliphatic carboxylic acids is 1. The first-order chi connectivity index (χ1) is 9.27. The Balaban J connectivity index is 2.01. The Morgan fingerprint density at radius 2 is 2.20 bits per heavy atom. The largest absolute Gasteiger partial charge is 0.489 e. The molecular formula is C14H18O5S. The van der Waals surface area contributed by atoms with Gasteiger partial charge in [0.2, 0.25) is 0 Å². The predicted octanol–water partition coefficient (Wildman–Crippen LogP) is 1.43. The highest BCUT2D eigenvalue weighted by Gasteiger charge is 2.30. The van der Waals surface area contributed by atoms with Crippen molar-refractivity contribution in [1.29, 1.82) is 0 Å².